The van der Waals surface area contributed by atoms with Crippen molar-refractivity contribution >= 4 is 5.78 Å². The van der Waals surface area contributed by atoms with E-state index in [1.807, 2.05) is 13.8 Å². The first-order valence-electron chi connectivity index (χ1n) is 6.08. The largest absolute Gasteiger partial charge is 0.396 e. The second-order valence-corrected chi connectivity index (χ2v) is 4.67. The maximum atomic E-state index is 11.7. The third-order valence-electron chi connectivity index (χ3n) is 2.85. The van der Waals surface area contributed by atoms with Crippen LogP contribution >= 0.6 is 0 Å². The molecule has 2 unspecified atom stereocenters. The number of benzene rings is 1. The maximum absolute atomic E-state index is 11.7. The van der Waals surface area contributed by atoms with Crippen LogP contribution in [0.3, 0.4) is 0 Å². The smallest absolute Gasteiger partial charge is 0.165 e. The number of hydrogen-bond donors (Lipinski definition) is 3. The summed E-state index contributed by atoms with van der Waals surface area (Å²) in [6.45, 7) is 3.48. The number of carbonyl (C=O) groups is 1. The quantitative estimate of drug-likeness (QED) is 0.667. The Kier molecular flexibility index (Phi) is 5.47. The van der Waals surface area contributed by atoms with E-state index >= 15 is 0 Å². The molecule has 0 radical (unpaired) electrons. The molecule has 0 spiro atoms. The molecule has 0 fully saturated rings. The van der Waals surface area contributed by atoms with Crippen molar-refractivity contribution in [3.05, 3.63) is 35.4 Å². The summed E-state index contributed by atoms with van der Waals surface area (Å²) < 4.78 is 0. The number of aliphatic hydroxyl groups is 3. The predicted molar refractivity (Wildman–Crippen MR) is 68.3 cm³/mol. The molecule has 0 saturated carbocycles. The number of aliphatic hydroxyl groups excluding tert-OH is 3. The summed E-state index contributed by atoms with van der Waals surface area (Å²) in [6.07, 6.45) is -1.92. The van der Waals surface area contributed by atoms with Crippen molar-refractivity contribution in [3.8, 4) is 0 Å². The number of carbonyl (C=O) groups excluding carboxylic acids is 1. The lowest BCUT2D eigenvalue weighted by Gasteiger charge is -2.17. The lowest BCUT2D eigenvalue weighted by molar-refractivity contribution is 0.00421. The van der Waals surface area contributed by atoms with Crippen molar-refractivity contribution in [2.24, 2.45) is 5.92 Å². The van der Waals surface area contributed by atoms with Crippen LogP contribution in [0.15, 0.2) is 24.3 Å². The van der Waals surface area contributed by atoms with Crippen molar-refractivity contribution in [3.63, 3.8) is 0 Å². The van der Waals surface area contributed by atoms with E-state index in [1.165, 1.54) is 0 Å². The van der Waals surface area contributed by atoms with E-state index in [0.29, 0.717) is 11.1 Å². The number of ketones is 1. The van der Waals surface area contributed by atoms with Gasteiger partial charge in [0.05, 0.1) is 6.10 Å². The summed E-state index contributed by atoms with van der Waals surface area (Å²) in [5.74, 6) is -0.0206. The van der Waals surface area contributed by atoms with Crippen LogP contribution in [-0.4, -0.2) is 33.8 Å². The third-order valence-corrected chi connectivity index (χ3v) is 2.85. The first-order chi connectivity index (χ1) is 8.47. The van der Waals surface area contributed by atoms with Crippen LogP contribution in [0.25, 0.3) is 0 Å². The minimum atomic E-state index is -1.04. The van der Waals surface area contributed by atoms with E-state index in [4.69, 9.17) is 5.11 Å². The van der Waals surface area contributed by atoms with E-state index < -0.39 is 12.2 Å². The third kappa shape index (κ3) is 3.63. The Hall–Kier alpha value is -1.23. The summed E-state index contributed by atoms with van der Waals surface area (Å²) in [5.41, 5.74) is 1.13. The van der Waals surface area contributed by atoms with Crippen molar-refractivity contribution in [1.82, 2.24) is 0 Å². The van der Waals surface area contributed by atoms with Gasteiger partial charge in [0.1, 0.15) is 6.10 Å². The minimum Gasteiger partial charge on any atom is -0.396 e. The molecule has 0 aromatic heterocycles. The van der Waals surface area contributed by atoms with Crippen LogP contribution < -0.4 is 0 Å². The summed E-state index contributed by atoms with van der Waals surface area (Å²) in [5, 5.41) is 28.1. The van der Waals surface area contributed by atoms with Crippen LogP contribution in [0.1, 0.15) is 42.3 Å². The van der Waals surface area contributed by atoms with Gasteiger partial charge in [0.15, 0.2) is 5.78 Å². The van der Waals surface area contributed by atoms with Crippen molar-refractivity contribution in [1.29, 1.82) is 0 Å². The Morgan fingerprint density at radius 3 is 2.17 bits per heavy atom. The molecule has 0 heterocycles. The van der Waals surface area contributed by atoms with Crippen LogP contribution in [0, 0.1) is 5.92 Å². The van der Waals surface area contributed by atoms with Gasteiger partial charge in [-0.15, -0.1) is 0 Å². The van der Waals surface area contributed by atoms with Gasteiger partial charge in [-0.1, -0.05) is 38.1 Å². The molecular weight excluding hydrogens is 232 g/mol. The monoisotopic (exact) mass is 252 g/mol. The van der Waals surface area contributed by atoms with Gasteiger partial charge in [-0.2, -0.15) is 0 Å². The Morgan fingerprint density at radius 1 is 1.17 bits per heavy atom. The van der Waals surface area contributed by atoms with E-state index in [-0.39, 0.29) is 24.7 Å². The highest BCUT2D eigenvalue weighted by Gasteiger charge is 2.18. The van der Waals surface area contributed by atoms with Gasteiger partial charge < -0.3 is 15.3 Å². The molecule has 4 heteroatoms. The fourth-order valence-corrected chi connectivity index (χ4v) is 1.69. The molecule has 3 N–H and O–H groups in total. The lowest BCUT2D eigenvalue weighted by Crippen LogP contribution is -2.19. The van der Waals surface area contributed by atoms with Crippen LogP contribution in [0.2, 0.25) is 0 Å². The number of hydrogen-bond acceptors (Lipinski definition) is 4. The Morgan fingerprint density at radius 2 is 1.72 bits per heavy atom. The molecule has 1 aromatic rings. The van der Waals surface area contributed by atoms with Crippen LogP contribution in [0.4, 0.5) is 0 Å². The Bertz CT molecular complexity index is 383. The zero-order valence-corrected chi connectivity index (χ0v) is 10.7. The molecule has 18 heavy (non-hydrogen) atoms. The fourth-order valence-electron chi connectivity index (χ4n) is 1.69. The van der Waals surface area contributed by atoms with Crippen molar-refractivity contribution in [2.75, 3.05) is 6.61 Å². The number of Topliss-reactive ketones (excluding diaryl/α,β-unsaturated/α-hetero) is 1. The zero-order valence-electron chi connectivity index (χ0n) is 10.7. The van der Waals surface area contributed by atoms with Gasteiger partial charge in [-0.05, 0) is 12.0 Å². The fraction of sp³-hybridized carbons (Fsp3) is 0.500. The van der Waals surface area contributed by atoms with Crippen LogP contribution in [0.5, 0.6) is 0 Å². The molecule has 0 bridgehead atoms. The van der Waals surface area contributed by atoms with E-state index in [0.717, 1.165) is 0 Å². The highest BCUT2D eigenvalue weighted by Crippen LogP contribution is 2.20. The van der Waals surface area contributed by atoms with Gasteiger partial charge in [-0.25, -0.2) is 0 Å². The van der Waals surface area contributed by atoms with Gasteiger partial charge in [0, 0.05) is 18.1 Å². The van der Waals surface area contributed by atoms with Gasteiger partial charge in [0.2, 0.25) is 0 Å². The normalized spacial score (nSPS) is 14.6. The molecule has 2 atom stereocenters. The summed E-state index contributed by atoms with van der Waals surface area (Å²) in [4.78, 5) is 11.7. The van der Waals surface area contributed by atoms with Gasteiger partial charge >= 0.3 is 0 Å². The van der Waals surface area contributed by atoms with E-state index in [2.05, 4.69) is 0 Å². The number of rotatable bonds is 6. The second-order valence-electron chi connectivity index (χ2n) is 4.67. The molecule has 1 aromatic carbocycles. The molecule has 4 nitrogen and oxygen atoms in total. The van der Waals surface area contributed by atoms with Gasteiger partial charge in [-0.3, -0.25) is 4.79 Å². The first kappa shape index (κ1) is 14.8. The molecule has 0 aliphatic heterocycles. The molecule has 0 aliphatic carbocycles. The molecular formula is C14H20O4. The Balaban J connectivity index is 2.79. The zero-order chi connectivity index (χ0) is 13.7. The van der Waals surface area contributed by atoms with E-state index in [9.17, 15) is 15.0 Å². The predicted octanol–water partition coefficient (Wildman–Crippen LogP) is 1.30. The summed E-state index contributed by atoms with van der Waals surface area (Å²) in [7, 11) is 0. The molecule has 0 aliphatic rings. The standard InChI is InChI=1S/C14H20O4/c1-9(2)13(17)10-3-5-11(6-4-10)14(18)12(16)7-8-15/h3-6,9,12,14-16,18H,7-8H2,1-2H3. The average molecular weight is 252 g/mol. The molecule has 0 saturated heterocycles. The molecule has 100 valence electrons. The highest BCUT2D eigenvalue weighted by atomic mass is 16.3. The SMILES string of the molecule is CC(C)C(=O)c1ccc(C(O)C(O)CCO)cc1. The molecule has 0 amide bonds. The minimum absolute atomic E-state index is 0.0481. The van der Waals surface area contributed by atoms with E-state index in [1.54, 1.807) is 24.3 Å². The highest BCUT2D eigenvalue weighted by molar-refractivity contribution is 5.97. The first-order valence-corrected chi connectivity index (χ1v) is 6.08. The summed E-state index contributed by atoms with van der Waals surface area (Å²) in [6, 6.07) is 6.54. The summed E-state index contributed by atoms with van der Waals surface area (Å²) >= 11 is 0. The Labute approximate surface area is 107 Å². The maximum Gasteiger partial charge on any atom is 0.165 e. The average Bonchev–Trinajstić information content (AvgIpc) is 2.37. The lowest BCUT2D eigenvalue weighted by atomic mass is 9.97. The second kappa shape index (κ2) is 6.64. The van der Waals surface area contributed by atoms with Crippen LogP contribution in [-0.2, 0) is 0 Å². The molecule has 1 rings (SSSR count). The van der Waals surface area contributed by atoms with Crippen molar-refractivity contribution in [2.45, 2.75) is 32.5 Å². The topological polar surface area (TPSA) is 77.8 Å². The van der Waals surface area contributed by atoms with Crippen molar-refractivity contribution < 1.29 is 20.1 Å². The van der Waals surface area contributed by atoms with Gasteiger partial charge in [0.25, 0.3) is 0 Å².